The summed E-state index contributed by atoms with van der Waals surface area (Å²) in [7, 11) is 0. The number of hydrogen-bond donors (Lipinski definition) is 0. The monoisotopic (exact) mass is 392 g/mol. The molecule has 0 saturated carbocycles. The lowest BCUT2D eigenvalue weighted by atomic mass is 9.98. The van der Waals surface area contributed by atoms with E-state index in [0.717, 1.165) is 11.1 Å². The number of ether oxygens (including phenoxy) is 1. The molecule has 3 rings (SSSR count). The van der Waals surface area contributed by atoms with Crippen molar-refractivity contribution in [3.8, 4) is 11.1 Å². The Hall–Kier alpha value is -2.73. The van der Waals surface area contributed by atoms with Gasteiger partial charge in [0.2, 0.25) is 6.10 Å². The molecule has 2 atom stereocenters. The Bertz CT molecular complexity index is 861. The lowest BCUT2D eigenvalue weighted by Gasteiger charge is -2.27. The molecule has 0 aliphatic rings. The number of benzene rings is 3. The summed E-state index contributed by atoms with van der Waals surface area (Å²) in [5.41, 5.74) is 2.52. The summed E-state index contributed by atoms with van der Waals surface area (Å²) in [6, 6.07) is 24.1. The molecule has 3 aromatic rings. The second-order valence-corrected chi connectivity index (χ2v) is 6.21. The van der Waals surface area contributed by atoms with Crippen molar-refractivity contribution in [1.29, 1.82) is 0 Å². The van der Waals surface area contributed by atoms with Crippen LogP contribution in [0.2, 0.25) is 0 Å². The van der Waals surface area contributed by atoms with Crippen LogP contribution in [0.15, 0.2) is 84.9 Å². The van der Waals surface area contributed by atoms with E-state index in [2.05, 4.69) is 0 Å². The lowest BCUT2D eigenvalue weighted by Crippen LogP contribution is -2.39. The lowest BCUT2D eigenvalue weighted by molar-refractivity contribution is -0.262. The molecule has 3 aromatic carbocycles. The third-order valence-corrected chi connectivity index (χ3v) is 4.26. The van der Waals surface area contributed by atoms with Crippen molar-refractivity contribution in [3.05, 3.63) is 96.1 Å². The minimum atomic E-state index is -5.18. The van der Waals surface area contributed by atoms with Gasteiger partial charge in [-0.1, -0.05) is 84.9 Å². The van der Waals surface area contributed by atoms with E-state index < -0.39 is 24.8 Å². The second-order valence-electron chi connectivity index (χ2n) is 6.21. The zero-order valence-electron chi connectivity index (χ0n) is 14.6. The van der Waals surface area contributed by atoms with Gasteiger partial charge in [-0.15, -0.1) is 0 Å². The van der Waals surface area contributed by atoms with Gasteiger partial charge in [-0.3, -0.25) is 0 Å². The predicted molar refractivity (Wildman–Crippen MR) is 97.1 cm³/mol. The van der Waals surface area contributed by atoms with E-state index in [4.69, 9.17) is 4.74 Å². The van der Waals surface area contributed by atoms with Crippen LogP contribution in [0.25, 0.3) is 11.1 Å². The third kappa shape index (κ3) is 4.75. The van der Waals surface area contributed by atoms with Crippen LogP contribution >= 0.6 is 0 Å². The summed E-state index contributed by atoms with van der Waals surface area (Å²) >= 11 is 0. The molecule has 0 aromatic heterocycles. The van der Waals surface area contributed by atoms with Crippen molar-refractivity contribution in [2.75, 3.05) is 0 Å². The van der Waals surface area contributed by atoms with E-state index in [-0.39, 0.29) is 0 Å². The Morgan fingerprint density at radius 2 is 1.07 bits per heavy atom. The van der Waals surface area contributed by atoms with Crippen LogP contribution < -0.4 is 0 Å². The predicted octanol–water partition coefficient (Wildman–Crippen LogP) is 6.66. The Kier molecular flexibility index (Phi) is 6.09. The largest absolute Gasteiger partial charge is 0.420 e. The first-order chi connectivity index (χ1) is 13.4. The van der Waals surface area contributed by atoms with Gasteiger partial charge in [0, 0.05) is 0 Å². The second kappa shape index (κ2) is 8.52. The maximum Gasteiger partial charge on any atom is 0.420 e. The van der Waals surface area contributed by atoms with E-state index in [1.54, 1.807) is 54.6 Å². The van der Waals surface area contributed by atoms with Crippen LogP contribution in [0.1, 0.15) is 17.2 Å². The van der Waals surface area contributed by atoms with E-state index in [9.17, 15) is 22.0 Å². The van der Waals surface area contributed by atoms with Crippen LogP contribution in [-0.4, -0.2) is 18.7 Å². The number of hydrogen-bond acceptors (Lipinski definition) is 1. The number of rotatable bonds is 6. The maximum absolute atomic E-state index is 13.0. The highest BCUT2D eigenvalue weighted by Crippen LogP contribution is 2.36. The fourth-order valence-corrected chi connectivity index (χ4v) is 2.88. The fraction of sp³-hybridized carbons (Fsp3) is 0.182. The quantitative estimate of drug-likeness (QED) is 0.427. The van der Waals surface area contributed by atoms with Gasteiger partial charge in [0.15, 0.2) is 0 Å². The molecule has 6 heteroatoms. The van der Waals surface area contributed by atoms with Crippen LogP contribution in [0.5, 0.6) is 0 Å². The van der Waals surface area contributed by atoms with Gasteiger partial charge in [0.25, 0.3) is 6.43 Å². The smallest absolute Gasteiger partial charge is 0.350 e. The van der Waals surface area contributed by atoms with Crippen molar-refractivity contribution >= 4 is 0 Å². The molecule has 0 N–H and O–H groups in total. The van der Waals surface area contributed by atoms with Gasteiger partial charge in [-0.2, -0.15) is 13.2 Å². The first kappa shape index (κ1) is 20.0. The van der Waals surface area contributed by atoms with Gasteiger partial charge in [0.05, 0.1) is 0 Å². The maximum atomic E-state index is 13.0. The molecule has 28 heavy (non-hydrogen) atoms. The molecule has 1 nitrogen and oxygen atoms in total. The van der Waals surface area contributed by atoms with E-state index in [1.807, 2.05) is 30.3 Å². The summed E-state index contributed by atoms with van der Waals surface area (Å²) < 4.78 is 70.1. The van der Waals surface area contributed by atoms with Gasteiger partial charge in [0.1, 0.15) is 6.10 Å². The Morgan fingerprint density at radius 1 is 0.607 bits per heavy atom. The van der Waals surface area contributed by atoms with Gasteiger partial charge >= 0.3 is 6.18 Å². The highest BCUT2D eigenvalue weighted by Gasteiger charge is 2.48. The first-order valence-electron chi connectivity index (χ1n) is 8.57. The molecule has 0 saturated heterocycles. The zero-order valence-corrected chi connectivity index (χ0v) is 14.6. The summed E-state index contributed by atoms with van der Waals surface area (Å²) in [6.07, 6.45) is -13.3. The van der Waals surface area contributed by atoms with Gasteiger partial charge in [-0.25, -0.2) is 8.78 Å². The van der Waals surface area contributed by atoms with Gasteiger partial charge in [-0.05, 0) is 22.3 Å². The third-order valence-electron chi connectivity index (χ3n) is 4.26. The highest BCUT2D eigenvalue weighted by molar-refractivity contribution is 5.63. The van der Waals surface area contributed by atoms with Crippen molar-refractivity contribution in [1.82, 2.24) is 0 Å². The minimum absolute atomic E-state index is 0.362. The average Bonchev–Trinajstić information content (AvgIpc) is 2.69. The van der Waals surface area contributed by atoms with Gasteiger partial charge < -0.3 is 4.74 Å². The first-order valence-corrected chi connectivity index (χ1v) is 8.57. The van der Waals surface area contributed by atoms with Crippen LogP contribution in [0.3, 0.4) is 0 Å². The SMILES string of the molecule is FC(F)C(OC(c1ccccc1)c1ccc(-c2ccccc2)cc1)C(F)(F)F. The molecule has 0 aliphatic heterocycles. The molecule has 2 unspecified atom stereocenters. The molecular weight excluding hydrogens is 375 g/mol. The summed E-state index contributed by atoms with van der Waals surface area (Å²) in [4.78, 5) is 0. The summed E-state index contributed by atoms with van der Waals surface area (Å²) in [6.45, 7) is 0. The molecule has 0 fully saturated rings. The molecular formula is C22H17F5O. The summed E-state index contributed by atoms with van der Waals surface area (Å²) in [5.74, 6) is 0. The minimum Gasteiger partial charge on any atom is -0.350 e. The molecule has 0 spiro atoms. The highest BCUT2D eigenvalue weighted by atomic mass is 19.4. The Labute approximate surface area is 159 Å². The van der Waals surface area contributed by atoms with Crippen molar-refractivity contribution in [2.24, 2.45) is 0 Å². The molecule has 0 amide bonds. The van der Waals surface area contributed by atoms with Crippen LogP contribution in [-0.2, 0) is 4.74 Å². The van der Waals surface area contributed by atoms with E-state index in [1.165, 1.54) is 0 Å². The number of alkyl halides is 5. The summed E-state index contributed by atoms with van der Waals surface area (Å²) in [5, 5.41) is 0. The normalized spacial score (nSPS) is 14.1. The topological polar surface area (TPSA) is 9.23 Å². The fourth-order valence-electron chi connectivity index (χ4n) is 2.88. The Morgan fingerprint density at radius 3 is 1.57 bits per heavy atom. The van der Waals surface area contributed by atoms with Crippen LogP contribution in [0, 0.1) is 0 Å². The molecule has 146 valence electrons. The van der Waals surface area contributed by atoms with E-state index in [0.29, 0.717) is 11.1 Å². The molecule has 0 heterocycles. The number of halogens is 5. The van der Waals surface area contributed by atoms with E-state index >= 15 is 0 Å². The van der Waals surface area contributed by atoms with Crippen molar-refractivity contribution in [2.45, 2.75) is 24.8 Å². The van der Waals surface area contributed by atoms with Crippen molar-refractivity contribution < 1.29 is 26.7 Å². The zero-order chi connectivity index (χ0) is 20.1. The van der Waals surface area contributed by atoms with Crippen LogP contribution in [0.4, 0.5) is 22.0 Å². The molecule has 0 bridgehead atoms. The molecule has 0 radical (unpaired) electrons. The average molecular weight is 392 g/mol. The standard InChI is InChI=1S/C22H17F5O/c23-21(24)20(22(25,26)27)28-19(17-9-5-2-6-10-17)18-13-11-16(12-14-18)15-7-3-1-4-8-15/h1-14,19-21H. The Balaban J connectivity index is 1.95. The molecule has 0 aliphatic carbocycles. The van der Waals surface area contributed by atoms with Crippen molar-refractivity contribution in [3.63, 3.8) is 0 Å².